The Hall–Kier alpha value is -2.22. The second kappa shape index (κ2) is 5.65. The average Bonchev–Trinajstić information content (AvgIpc) is 3.14. The molecule has 2 aromatic rings. The topological polar surface area (TPSA) is 86.9 Å². The molecule has 3 rings (SSSR count). The molecule has 1 N–H and O–H groups in total. The Kier molecular flexibility index (Phi) is 3.70. The first-order valence-electron chi connectivity index (χ1n) is 6.94. The Morgan fingerprint density at radius 1 is 1.43 bits per heavy atom. The molecule has 0 amide bonds. The van der Waals surface area contributed by atoms with Crippen LogP contribution in [0.5, 0.6) is 5.75 Å². The van der Waals surface area contributed by atoms with Crippen molar-refractivity contribution in [2.75, 3.05) is 20.2 Å². The number of carbonyl (C=O) groups is 1. The van der Waals surface area contributed by atoms with Crippen LogP contribution >= 0.6 is 0 Å². The Labute approximate surface area is 122 Å². The summed E-state index contributed by atoms with van der Waals surface area (Å²) in [6.45, 7) is 1.92. The lowest BCUT2D eigenvalue weighted by atomic mass is 10.1. The third kappa shape index (κ3) is 2.54. The Morgan fingerprint density at radius 3 is 2.90 bits per heavy atom. The molecule has 0 saturated carbocycles. The minimum Gasteiger partial charge on any atom is -0.493 e. The standard InChI is InChI=1S/C13H18N6O2/c1-18-12(11(21-2)7-15-18)13(20)10-8-19(17-16-10)9-3-5-14-6-4-9/h7-9,14H,3-6H2,1-2H3. The molecule has 1 saturated heterocycles. The van der Waals surface area contributed by atoms with Crippen molar-refractivity contribution in [2.24, 2.45) is 7.05 Å². The number of nitrogens with zero attached hydrogens (tertiary/aromatic N) is 5. The summed E-state index contributed by atoms with van der Waals surface area (Å²) < 4.78 is 8.44. The molecule has 0 bridgehead atoms. The molecule has 1 aliphatic rings. The molecule has 112 valence electrons. The van der Waals surface area contributed by atoms with Gasteiger partial charge in [-0.15, -0.1) is 5.10 Å². The van der Waals surface area contributed by atoms with Crippen molar-refractivity contribution in [2.45, 2.75) is 18.9 Å². The molecule has 3 heterocycles. The van der Waals surface area contributed by atoms with Gasteiger partial charge in [0.25, 0.3) is 0 Å². The molecule has 0 aromatic carbocycles. The van der Waals surface area contributed by atoms with Crippen LogP contribution in [0.1, 0.15) is 35.1 Å². The summed E-state index contributed by atoms with van der Waals surface area (Å²) in [6, 6.07) is 0.300. The molecular formula is C13H18N6O2. The van der Waals surface area contributed by atoms with Crippen molar-refractivity contribution in [3.05, 3.63) is 23.8 Å². The summed E-state index contributed by atoms with van der Waals surface area (Å²) in [5.74, 6) is 0.214. The van der Waals surface area contributed by atoms with Crippen molar-refractivity contribution < 1.29 is 9.53 Å². The van der Waals surface area contributed by atoms with Crippen LogP contribution in [0.4, 0.5) is 0 Å². The number of piperidine rings is 1. The maximum atomic E-state index is 12.5. The van der Waals surface area contributed by atoms with E-state index in [0.29, 0.717) is 23.2 Å². The molecule has 8 nitrogen and oxygen atoms in total. The number of aromatic nitrogens is 5. The number of hydrogen-bond acceptors (Lipinski definition) is 6. The van der Waals surface area contributed by atoms with E-state index in [1.54, 1.807) is 17.9 Å². The maximum absolute atomic E-state index is 12.5. The minimum atomic E-state index is -0.230. The van der Waals surface area contributed by atoms with E-state index in [-0.39, 0.29) is 5.78 Å². The van der Waals surface area contributed by atoms with E-state index in [0.717, 1.165) is 25.9 Å². The summed E-state index contributed by atoms with van der Waals surface area (Å²) >= 11 is 0. The molecule has 2 aromatic heterocycles. The van der Waals surface area contributed by atoms with Crippen LogP contribution in [0.2, 0.25) is 0 Å². The highest BCUT2D eigenvalue weighted by Crippen LogP contribution is 2.21. The number of ketones is 1. The van der Waals surface area contributed by atoms with Crippen LogP contribution in [-0.2, 0) is 7.05 Å². The molecule has 0 spiro atoms. The zero-order valence-electron chi connectivity index (χ0n) is 12.1. The molecule has 21 heavy (non-hydrogen) atoms. The molecule has 0 atom stereocenters. The summed E-state index contributed by atoms with van der Waals surface area (Å²) in [7, 11) is 3.21. The van der Waals surface area contributed by atoms with Crippen LogP contribution in [0.15, 0.2) is 12.4 Å². The fraction of sp³-hybridized carbons (Fsp3) is 0.538. The highest BCUT2D eigenvalue weighted by Gasteiger charge is 2.24. The van der Waals surface area contributed by atoms with Crippen LogP contribution in [0.3, 0.4) is 0 Å². The molecule has 0 unspecified atom stereocenters. The maximum Gasteiger partial charge on any atom is 0.236 e. The Morgan fingerprint density at radius 2 is 2.19 bits per heavy atom. The zero-order valence-corrected chi connectivity index (χ0v) is 12.1. The lowest BCUT2D eigenvalue weighted by Crippen LogP contribution is -2.29. The summed E-state index contributed by atoms with van der Waals surface area (Å²) in [6.07, 6.45) is 5.22. The second-order valence-corrected chi connectivity index (χ2v) is 5.08. The van der Waals surface area contributed by atoms with E-state index in [1.807, 2.05) is 0 Å². The van der Waals surface area contributed by atoms with Crippen LogP contribution in [0, 0.1) is 0 Å². The second-order valence-electron chi connectivity index (χ2n) is 5.08. The zero-order chi connectivity index (χ0) is 14.8. The first-order valence-corrected chi connectivity index (χ1v) is 6.94. The van der Waals surface area contributed by atoms with E-state index in [9.17, 15) is 4.79 Å². The van der Waals surface area contributed by atoms with Gasteiger partial charge in [0.2, 0.25) is 5.78 Å². The van der Waals surface area contributed by atoms with Gasteiger partial charge < -0.3 is 10.1 Å². The number of carbonyl (C=O) groups excluding carboxylic acids is 1. The number of ether oxygens (including phenoxy) is 1. The SMILES string of the molecule is COc1cnn(C)c1C(=O)c1cn(C2CCNCC2)nn1. The molecule has 0 aliphatic carbocycles. The Balaban J connectivity index is 1.85. The highest BCUT2D eigenvalue weighted by atomic mass is 16.5. The number of nitrogens with one attached hydrogen (secondary N) is 1. The van der Waals surface area contributed by atoms with E-state index in [4.69, 9.17) is 4.74 Å². The van der Waals surface area contributed by atoms with Crippen molar-refractivity contribution in [3.63, 3.8) is 0 Å². The average molecular weight is 290 g/mol. The van der Waals surface area contributed by atoms with Crippen molar-refractivity contribution in [1.29, 1.82) is 0 Å². The molecule has 1 fully saturated rings. The first kappa shape index (κ1) is 13.7. The van der Waals surface area contributed by atoms with Gasteiger partial charge in [0, 0.05) is 7.05 Å². The molecular weight excluding hydrogens is 272 g/mol. The van der Waals surface area contributed by atoms with Gasteiger partial charge in [0.15, 0.2) is 17.1 Å². The largest absolute Gasteiger partial charge is 0.493 e. The smallest absolute Gasteiger partial charge is 0.236 e. The predicted molar refractivity (Wildman–Crippen MR) is 74.4 cm³/mol. The van der Waals surface area contributed by atoms with E-state index in [1.165, 1.54) is 18.0 Å². The normalized spacial score (nSPS) is 16.1. The van der Waals surface area contributed by atoms with Gasteiger partial charge in [-0.05, 0) is 25.9 Å². The minimum absolute atomic E-state index is 0.230. The first-order chi connectivity index (χ1) is 10.2. The van der Waals surface area contributed by atoms with E-state index >= 15 is 0 Å². The van der Waals surface area contributed by atoms with Crippen molar-refractivity contribution >= 4 is 5.78 Å². The van der Waals surface area contributed by atoms with Crippen molar-refractivity contribution in [3.8, 4) is 5.75 Å². The van der Waals surface area contributed by atoms with Gasteiger partial charge in [0.1, 0.15) is 0 Å². The predicted octanol–water partition coefficient (Wildman–Crippen LogP) is 0.176. The fourth-order valence-corrected chi connectivity index (χ4v) is 2.58. The van der Waals surface area contributed by atoms with Gasteiger partial charge in [0.05, 0.1) is 25.5 Å². The third-order valence-corrected chi connectivity index (χ3v) is 3.77. The van der Waals surface area contributed by atoms with Crippen LogP contribution < -0.4 is 10.1 Å². The monoisotopic (exact) mass is 290 g/mol. The highest BCUT2D eigenvalue weighted by molar-refractivity contribution is 6.08. The van der Waals surface area contributed by atoms with E-state index < -0.39 is 0 Å². The number of hydrogen-bond donors (Lipinski definition) is 1. The van der Waals surface area contributed by atoms with Gasteiger partial charge in [-0.25, -0.2) is 4.68 Å². The van der Waals surface area contributed by atoms with Gasteiger partial charge in [-0.2, -0.15) is 5.10 Å². The van der Waals surface area contributed by atoms with E-state index in [2.05, 4.69) is 20.7 Å². The molecule has 0 radical (unpaired) electrons. The lowest BCUT2D eigenvalue weighted by Gasteiger charge is -2.22. The number of aryl methyl sites for hydroxylation is 1. The van der Waals surface area contributed by atoms with Crippen molar-refractivity contribution in [1.82, 2.24) is 30.1 Å². The molecule has 1 aliphatic heterocycles. The van der Waals surface area contributed by atoms with Gasteiger partial charge in [-0.3, -0.25) is 9.48 Å². The Bertz CT molecular complexity index is 641. The summed E-state index contributed by atoms with van der Waals surface area (Å²) in [5.41, 5.74) is 0.699. The number of rotatable bonds is 4. The van der Waals surface area contributed by atoms with Gasteiger partial charge >= 0.3 is 0 Å². The van der Waals surface area contributed by atoms with Crippen LogP contribution in [-0.4, -0.2) is 50.8 Å². The summed E-state index contributed by atoms with van der Waals surface area (Å²) in [5, 5.41) is 15.5. The quantitative estimate of drug-likeness (QED) is 0.808. The third-order valence-electron chi connectivity index (χ3n) is 3.77. The lowest BCUT2D eigenvalue weighted by molar-refractivity contribution is 0.102. The van der Waals surface area contributed by atoms with Crippen LogP contribution in [0.25, 0.3) is 0 Å². The molecule has 8 heteroatoms. The van der Waals surface area contributed by atoms with Gasteiger partial charge in [-0.1, -0.05) is 5.21 Å². The number of methoxy groups -OCH3 is 1. The fourth-order valence-electron chi connectivity index (χ4n) is 2.58. The summed E-state index contributed by atoms with van der Waals surface area (Å²) in [4.78, 5) is 12.5.